The average Bonchev–Trinajstić information content (AvgIpc) is 3.07. The highest BCUT2D eigenvalue weighted by molar-refractivity contribution is 7.88. The van der Waals surface area contributed by atoms with Gasteiger partial charge in [0.2, 0.25) is 10.0 Å². The van der Waals surface area contributed by atoms with E-state index in [0.717, 1.165) is 29.5 Å². The van der Waals surface area contributed by atoms with E-state index in [1.807, 2.05) is 55.6 Å². The fourth-order valence-electron chi connectivity index (χ4n) is 4.10. The number of hydrogen-bond donors (Lipinski definition) is 1. The van der Waals surface area contributed by atoms with E-state index in [0.29, 0.717) is 30.9 Å². The summed E-state index contributed by atoms with van der Waals surface area (Å²) in [7, 11) is -3.14. The van der Waals surface area contributed by atoms with Crippen molar-refractivity contribution in [2.24, 2.45) is 0 Å². The molecule has 0 radical (unpaired) electrons. The highest BCUT2D eigenvalue weighted by Gasteiger charge is 2.26. The van der Waals surface area contributed by atoms with Crippen LogP contribution < -0.4 is 5.32 Å². The molecule has 1 aliphatic rings. The standard InChI is InChI=1S/C22H26N4O3S/c1-16-21(22(27)23-15-17-6-4-3-5-7-17)20-14-19(10-13-26(20)24-16)18-8-11-25(12-9-18)30(2,28)29/h3-7,10,13-14,18H,8-9,11-12,15H2,1-2H3,(H,23,27). The number of carbonyl (C=O) groups excluding carboxylic acids is 1. The van der Waals surface area contributed by atoms with Crippen molar-refractivity contribution in [2.45, 2.75) is 32.2 Å². The Kier molecular flexibility index (Phi) is 5.62. The summed E-state index contributed by atoms with van der Waals surface area (Å²) >= 11 is 0. The third-order valence-corrected chi connectivity index (χ3v) is 7.05. The summed E-state index contributed by atoms with van der Waals surface area (Å²) in [5, 5.41) is 7.48. The summed E-state index contributed by atoms with van der Waals surface area (Å²) < 4.78 is 26.8. The monoisotopic (exact) mass is 426 g/mol. The van der Waals surface area contributed by atoms with Gasteiger partial charge in [-0.3, -0.25) is 4.79 Å². The van der Waals surface area contributed by atoms with Crippen LogP contribution in [0.4, 0.5) is 0 Å². The number of nitrogens with one attached hydrogen (secondary N) is 1. The number of nitrogens with zero attached hydrogens (tertiary/aromatic N) is 3. The van der Waals surface area contributed by atoms with E-state index in [1.54, 1.807) is 4.52 Å². The quantitative estimate of drug-likeness (QED) is 0.680. The number of sulfonamides is 1. The van der Waals surface area contributed by atoms with Gasteiger partial charge in [0.15, 0.2) is 0 Å². The van der Waals surface area contributed by atoms with Gasteiger partial charge in [-0.2, -0.15) is 5.10 Å². The Bertz CT molecular complexity index is 1160. The zero-order chi connectivity index (χ0) is 21.3. The number of rotatable bonds is 5. The van der Waals surface area contributed by atoms with Gasteiger partial charge in [-0.1, -0.05) is 30.3 Å². The van der Waals surface area contributed by atoms with Crippen molar-refractivity contribution in [1.82, 2.24) is 19.2 Å². The molecule has 4 rings (SSSR count). The number of benzene rings is 1. The van der Waals surface area contributed by atoms with Crippen LogP contribution >= 0.6 is 0 Å². The van der Waals surface area contributed by atoms with E-state index in [1.165, 1.54) is 10.6 Å². The molecule has 1 saturated heterocycles. The third kappa shape index (κ3) is 4.24. The van der Waals surface area contributed by atoms with E-state index >= 15 is 0 Å². The first-order valence-electron chi connectivity index (χ1n) is 10.1. The summed E-state index contributed by atoms with van der Waals surface area (Å²) in [4.78, 5) is 12.9. The smallest absolute Gasteiger partial charge is 0.255 e. The molecule has 30 heavy (non-hydrogen) atoms. The highest BCUT2D eigenvalue weighted by Crippen LogP contribution is 2.30. The molecule has 158 valence electrons. The average molecular weight is 427 g/mol. The lowest BCUT2D eigenvalue weighted by Gasteiger charge is -2.30. The number of amides is 1. The first-order chi connectivity index (χ1) is 14.3. The molecule has 7 nitrogen and oxygen atoms in total. The molecule has 1 amide bonds. The Morgan fingerprint density at radius 3 is 2.53 bits per heavy atom. The van der Waals surface area contributed by atoms with E-state index in [2.05, 4.69) is 10.4 Å². The maximum atomic E-state index is 12.9. The van der Waals surface area contributed by atoms with Crippen molar-refractivity contribution in [1.29, 1.82) is 0 Å². The Balaban J connectivity index is 1.55. The first kappa shape index (κ1) is 20.6. The van der Waals surface area contributed by atoms with Crippen LogP contribution in [0.15, 0.2) is 48.7 Å². The van der Waals surface area contributed by atoms with Gasteiger partial charge in [0, 0.05) is 25.8 Å². The minimum atomic E-state index is -3.14. The maximum absolute atomic E-state index is 12.9. The minimum absolute atomic E-state index is 0.143. The molecular formula is C22H26N4O3S. The number of pyridine rings is 1. The molecule has 1 fully saturated rings. The molecule has 1 aliphatic heterocycles. The van der Waals surface area contributed by atoms with Gasteiger partial charge in [-0.25, -0.2) is 17.2 Å². The van der Waals surface area contributed by atoms with Crippen LogP contribution in [0, 0.1) is 6.92 Å². The van der Waals surface area contributed by atoms with Crippen LogP contribution in [0.1, 0.15) is 45.9 Å². The predicted octanol–water partition coefficient (Wildman–Crippen LogP) is 2.71. The van der Waals surface area contributed by atoms with Crippen LogP contribution in [0.2, 0.25) is 0 Å². The van der Waals surface area contributed by atoms with E-state index in [4.69, 9.17) is 0 Å². The maximum Gasteiger partial charge on any atom is 0.255 e. The van der Waals surface area contributed by atoms with Crippen molar-refractivity contribution in [2.75, 3.05) is 19.3 Å². The summed E-state index contributed by atoms with van der Waals surface area (Å²) in [5.41, 5.74) is 4.21. The Hall–Kier alpha value is -2.71. The van der Waals surface area contributed by atoms with Gasteiger partial charge in [-0.15, -0.1) is 0 Å². The van der Waals surface area contributed by atoms with Gasteiger partial charge < -0.3 is 5.32 Å². The van der Waals surface area contributed by atoms with Crippen molar-refractivity contribution < 1.29 is 13.2 Å². The Labute approximate surface area is 176 Å². The van der Waals surface area contributed by atoms with Crippen LogP contribution in [0.5, 0.6) is 0 Å². The molecule has 0 aliphatic carbocycles. The zero-order valence-corrected chi connectivity index (χ0v) is 18.0. The first-order valence-corrected chi connectivity index (χ1v) is 11.9. The molecule has 1 N–H and O–H groups in total. The van der Waals surface area contributed by atoms with Gasteiger partial charge >= 0.3 is 0 Å². The second kappa shape index (κ2) is 8.20. The van der Waals surface area contributed by atoms with Crippen molar-refractivity contribution in [3.63, 3.8) is 0 Å². The molecule has 0 atom stereocenters. The normalized spacial score (nSPS) is 16.1. The number of aromatic nitrogens is 2. The number of aryl methyl sites for hydroxylation is 1. The van der Waals surface area contributed by atoms with Crippen molar-refractivity contribution in [3.05, 3.63) is 71.0 Å². The molecule has 3 aromatic rings. The second-order valence-corrected chi connectivity index (χ2v) is 9.84. The van der Waals surface area contributed by atoms with E-state index in [9.17, 15) is 13.2 Å². The number of carbonyl (C=O) groups is 1. The van der Waals surface area contributed by atoms with Crippen LogP contribution in [0.25, 0.3) is 5.52 Å². The van der Waals surface area contributed by atoms with Crippen molar-refractivity contribution >= 4 is 21.4 Å². The SMILES string of the molecule is Cc1nn2ccc(C3CCN(S(C)(=O)=O)CC3)cc2c1C(=O)NCc1ccccc1. The largest absolute Gasteiger partial charge is 0.348 e. The summed E-state index contributed by atoms with van der Waals surface area (Å²) in [5.74, 6) is 0.124. The highest BCUT2D eigenvalue weighted by atomic mass is 32.2. The lowest BCUT2D eigenvalue weighted by molar-refractivity contribution is 0.0952. The van der Waals surface area contributed by atoms with Crippen LogP contribution in [-0.4, -0.2) is 47.6 Å². The lowest BCUT2D eigenvalue weighted by atomic mass is 9.90. The molecule has 1 aromatic carbocycles. The van der Waals surface area contributed by atoms with Crippen LogP contribution in [-0.2, 0) is 16.6 Å². The van der Waals surface area contributed by atoms with Gasteiger partial charge in [0.05, 0.1) is 23.0 Å². The second-order valence-electron chi connectivity index (χ2n) is 7.85. The van der Waals surface area contributed by atoms with Gasteiger partial charge in [0.1, 0.15) is 0 Å². The summed E-state index contributed by atoms with van der Waals surface area (Å²) in [6.45, 7) is 3.35. The molecule has 0 spiro atoms. The fraction of sp³-hybridized carbons (Fsp3) is 0.364. The Morgan fingerprint density at radius 2 is 1.87 bits per heavy atom. The molecule has 0 unspecified atom stereocenters. The summed E-state index contributed by atoms with van der Waals surface area (Å²) in [6.07, 6.45) is 4.68. The van der Waals surface area contributed by atoms with E-state index in [-0.39, 0.29) is 11.8 Å². The minimum Gasteiger partial charge on any atom is -0.348 e. The number of hydrogen-bond acceptors (Lipinski definition) is 4. The van der Waals surface area contributed by atoms with Crippen molar-refractivity contribution in [3.8, 4) is 0 Å². The number of piperidine rings is 1. The Morgan fingerprint density at radius 1 is 1.17 bits per heavy atom. The molecule has 0 saturated carbocycles. The summed E-state index contributed by atoms with van der Waals surface area (Å²) in [6, 6.07) is 13.8. The van der Waals surface area contributed by atoms with E-state index < -0.39 is 10.0 Å². The van der Waals surface area contributed by atoms with Crippen LogP contribution in [0.3, 0.4) is 0 Å². The van der Waals surface area contributed by atoms with Gasteiger partial charge in [0.25, 0.3) is 5.91 Å². The molecule has 3 heterocycles. The molecule has 0 bridgehead atoms. The molecule has 8 heteroatoms. The van der Waals surface area contributed by atoms with Gasteiger partial charge in [-0.05, 0) is 48.9 Å². The lowest BCUT2D eigenvalue weighted by Crippen LogP contribution is -2.37. The zero-order valence-electron chi connectivity index (χ0n) is 17.2. The molecule has 2 aromatic heterocycles. The molecular weight excluding hydrogens is 400 g/mol. The topological polar surface area (TPSA) is 83.8 Å². The third-order valence-electron chi connectivity index (χ3n) is 5.75. The predicted molar refractivity (Wildman–Crippen MR) is 116 cm³/mol. The fourth-order valence-corrected chi connectivity index (χ4v) is 4.98. The number of fused-ring (bicyclic) bond motifs is 1.